The van der Waals surface area contributed by atoms with E-state index in [1.807, 2.05) is 24.3 Å². The van der Waals surface area contributed by atoms with Gasteiger partial charge >= 0.3 is 5.97 Å². The van der Waals surface area contributed by atoms with Crippen LogP contribution in [0.4, 0.5) is 0 Å². The number of hydrogen-bond acceptors (Lipinski definition) is 3. The van der Waals surface area contributed by atoms with Gasteiger partial charge in [0, 0.05) is 14.5 Å². The Hall–Kier alpha value is -0.170. The highest BCUT2D eigenvalue weighted by molar-refractivity contribution is 14.1. The molecule has 0 N–H and O–H groups in total. The molecule has 0 unspecified atom stereocenters. The molecule has 4 heteroatoms. The lowest BCUT2D eigenvalue weighted by molar-refractivity contribution is -0.484. The van der Waals surface area contributed by atoms with Crippen LogP contribution >= 0.6 is 22.6 Å². The number of benzene rings is 1. The Morgan fingerprint density at radius 1 is 1.00 bits per heavy atom. The van der Waals surface area contributed by atoms with Crippen LogP contribution in [-0.4, -0.2) is 19.8 Å². The normalized spacial score (nSPS) is 35.1. The summed E-state index contributed by atoms with van der Waals surface area (Å²) in [6.45, 7) is 6.50. The summed E-state index contributed by atoms with van der Waals surface area (Å²) in [5.74, 6) is -0.478. The zero-order valence-corrected chi connectivity index (χ0v) is 12.8. The molecule has 3 nitrogen and oxygen atoms in total. The largest absolute Gasteiger partial charge is 0.323 e. The Bertz CT molecular complexity index is 416. The van der Waals surface area contributed by atoms with Gasteiger partial charge in [0.05, 0.1) is 19.8 Å². The number of halogens is 1. The molecule has 1 aromatic rings. The molecule has 3 fully saturated rings. The zero-order chi connectivity index (χ0) is 12.8. The molecule has 0 aromatic heterocycles. The molecular weight excluding hydrogens is 343 g/mol. The highest BCUT2D eigenvalue weighted by Gasteiger charge is 2.54. The summed E-state index contributed by atoms with van der Waals surface area (Å²) in [4.78, 5) is 0. The molecule has 98 valence electrons. The fourth-order valence-electron chi connectivity index (χ4n) is 2.37. The summed E-state index contributed by atoms with van der Waals surface area (Å²) in [6.07, 6.45) is 0. The predicted molar refractivity (Wildman–Crippen MR) is 76.0 cm³/mol. The minimum atomic E-state index is -0.971. The minimum absolute atomic E-state index is 0.0188. The van der Waals surface area contributed by atoms with Crippen LogP contribution in [-0.2, 0) is 20.2 Å². The van der Waals surface area contributed by atoms with Gasteiger partial charge in [-0.3, -0.25) is 0 Å². The van der Waals surface area contributed by atoms with E-state index in [9.17, 15) is 0 Å². The van der Waals surface area contributed by atoms with E-state index in [0.29, 0.717) is 25.7 Å². The van der Waals surface area contributed by atoms with Crippen molar-refractivity contribution in [3.8, 4) is 0 Å². The van der Waals surface area contributed by atoms with Crippen LogP contribution in [0.15, 0.2) is 24.3 Å². The Labute approximate surface area is 121 Å². The molecule has 3 aliphatic heterocycles. The summed E-state index contributed by atoms with van der Waals surface area (Å²) in [5, 5.41) is 0. The third kappa shape index (κ3) is 1.90. The van der Waals surface area contributed by atoms with Crippen LogP contribution < -0.4 is 0 Å². The van der Waals surface area contributed by atoms with Crippen LogP contribution in [0.3, 0.4) is 0 Å². The second-order valence-electron chi connectivity index (χ2n) is 5.45. The van der Waals surface area contributed by atoms with Crippen molar-refractivity contribution < 1.29 is 14.2 Å². The average Bonchev–Trinajstić information content (AvgIpc) is 2.41. The van der Waals surface area contributed by atoms with E-state index in [-0.39, 0.29) is 5.41 Å². The second-order valence-corrected chi connectivity index (χ2v) is 6.69. The van der Waals surface area contributed by atoms with E-state index in [0.717, 1.165) is 5.56 Å². The van der Waals surface area contributed by atoms with Crippen molar-refractivity contribution in [2.75, 3.05) is 19.8 Å². The van der Waals surface area contributed by atoms with Crippen LogP contribution in [0.5, 0.6) is 0 Å². The highest BCUT2D eigenvalue weighted by Crippen LogP contribution is 2.47. The first-order valence-electron chi connectivity index (χ1n) is 6.24. The van der Waals surface area contributed by atoms with Crippen LogP contribution in [0.1, 0.15) is 19.4 Å². The molecule has 0 amide bonds. The highest BCUT2D eigenvalue weighted by atomic mass is 127. The maximum absolute atomic E-state index is 5.91. The first-order chi connectivity index (χ1) is 8.56. The lowest BCUT2D eigenvalue weighted by Crippen LogP contribution is -2.60. The van der Waals surface area contributed by atoms with Gasteiger partial charge < -0.3 is 14.2 Å². The lowest BCUT2D eigenvalue weighted by Gasteiger charge is -2.53. The first kappa shape index (κ1) is 12.8. The topological polar surface area (TPSA) is 27.7 Å². The smallest absolute Gasteiger partial charge is 0.312 e. The maximum atomic E-state index is 5.91. The lowest BCUT2D eigenvalue weighted by atomic mass is 9.77. The molecule has 0 radical (unpaired) electrons. The van der Waals surface area contributed by atoms with E-state index in [1.165, 1.54) is 3.57 Å². The summed E-state index contributed by atoms with van der Waals surface area (Å²) >= 11 is 2.28. The molecule has 2 bridgehead atoms. The molecule has 3 aliphatic rings. The van der Waals surface area contributed by atoms with Crippen LogP contribution in [0, 0.1) is 14.9 Å². The van der Waals surface area contributed by atoms with Crippen molar-refractivity contribution in [1.82, 2.24) is 0 Å². The molecule has 0 aliphatic carbocycles. The predicted octanol–water partition coefficient (Wildman–Crippen LogP) is 3.12. The Morgan fingerprint density at radius 3 is 1.94 bits per heavy atom. The molecule has 4 rings (SSSR count). The van der Waals surface area contributed by atoms with Crippen molar-refractivity contribution in [3.05, 3.63) is 33.4 Å². The molecule has 0 spiro atoms. The monoisotopic (exact) mass is 360 g/mol. The number of hydrogen-bond donors (Lipinski definition) is 0. The van der Waals surface area contributed by atoms with Gasteiger partial charge in [0.2, 0.25) is 0 Å². The van der Waals surface area contributed by atoms with Crippen molar-refractivity contribution >= 4 is 22.6 Å². The average molecular weight is 360 g/mol. The number of ether oxygens (including phenoxy) is 3. The fraction of sp³-hybridized carbons (Fsp3) is 0.571. The number of fused-ring (bicyclic) bond motifs is 3. The summed E-state index contributed by atoms with van der Waals surface area (Å²) < 4.78 is 18.9. The number of rotatable bonds is 2. The van der Waals surface area contributed by atoms with E-state index in [1.54, 1.807) is 0 Å². The maximum Gasteiger partial charge on any atom is 0.312 e. The zero-order valence-electron chi connectivity index (χ0n) is 10.6. The van der Waals surface area contributed by atoms with E-state index in [4.69, 9.17) is 14.2 Å². The van der Waals surface area contributed by atoms with Crippen LogP contribution in [0.2, 0.25) is 0 Å². The molecule has 3 heterocycles. The SMILES string of the molecule is CC(C)C12COC(c3ccc(I)cc3)(OC1)OC2. The molecule has 3 saturated heterocycles. The van der Waals surface area contributed by atoms with Crippen molar-refractivity contribution in [2.45, 2.75) is 19.8 Å². The molecule has 0 saturated carbocycles. The van der Waals surface area contributed by atoms with E-state index in [2.05, 4.69) is 36.4 Å². The first-order valence-corrected chi connectivity index (χ1v) is 7.32. The summed E-state index contributed by atoms with van der Waals surface area (Å²) in [7, 11) is 0. The van der Waals surface area contributed by atoms with Gasteiger partial charge in [0.1, 0.15) is 0 Å². The third-order valence-electron chi connectivity index (χ3n) is 4.07. The summed E-state index contributed by atoms with van der Waals surface area (Å²) in [6, 6.07) is 8.10. The van der Waals surface area contributed by atoms with Gasteiger partial charge in [-0.2, -0.15) is 0 Å². The van der Waals surface area contributed by atoms with Gasteiger partial charge in [-0.1, -0.05) is 13.8 Å². The van der Waals surface area contributed by atoms with E-state index < -0.39 is 5.97 Å². The molecule has 1 aromatic carbocycles. The molecular formula is C14H17IO3. The van der Waals surface area contributed by atoms with Crippen molar-refractivity contribution in [1.29, 1.82) is 0 Å². The van der Waals surface area contributed by atoms with Gasteiger partial charge in [-0.05, 0) is 52.8 Å². The molecule has 18 heavy (non-hydrogen) atoms. The quantitative estimate of drug-likeness (QED) is 0.759. The Kier molecular flexibility index (Phi) is 3.17. The minimum Gasteiger partial charge on any atom is -0.323 e. The fourth-order valence-corrected chi connectivity index (χ4v) is 2.73. The molecule has 0 atom stereocenters. The standard InChI is InChI=1S/C14H17IO3/c1-10(2)13-7-16-14(17-8-13,18-9-13)11-3-5-12(15)6-4-11/h3-6,10H,7-9H2,1-2H3. The van der Waals surface area contributed by atoms with Gasteiger partial charge in [-0.15, -0.1) is 0 Å². The van der Waals surface area contributed by atoms with Gasteiger partial charge in [0.15, 0.2) is 0 Å². The van der Waals surface area contributed by atoms with Crippen molar-refractivity contribution in [2.24, 2.45) is 11.3 Å². The van der Waals surface area contributed by atoms with Crippen LogP contribution in [0.25, 0.3) is 0 Å². The second kappa shape index (κ2) is 4.44. The Morgan fingerprint density at radius 2 is 1.50 bits per heavy atom. The van der Waals surface area contributed by atoms with Gasteiger partial charge in [-0.25, -0.2) is 0 Å². The van der Waals surface area contributed by atoms with Gasteiger partial charge in [0.25, 0.3) is 0 Å². The van der Waals surface area contributed by atoms with E-state index >= 15 is 0 Å². The van der Waals surface area contributed by atoms with Crippen molar-refractivity contribution in [3.63, 3.8) is 0 Å². The summed E-state index contributed by atoms with van der Waals surface area (Å²) in [5.41, 5.74) is 0.963. The third-order valence-corrected chi connectivity index (χ3v) is 4.79. The Balaban J connectivity index is 1.86.